The van der Waals surface area contributed by atoms with Crippen LogP contribution >= 0.6 is 0 Å². The van der Waals surface area contributed by atoms with Gasteiger partial charge in [0.25, 0.3) is 0 Å². The molecule has 1 fully saturated rings. The summed E-state index contributed by atoms with van der Waals surface area (Å²) < 4.78 is 40.6. The number of hydrogen-bond donors (Lipinski definition) is 1. The van der Waals surface area contributed by atoms with Crippen LogP contribution in [0.4, 0.5) is 8.96 Å². The third-order valence-corrected chi connectivity index (χ3v) is 3.65. The highest BCUT2D eigenvalue weighted by Crippen LogP contribution is 2.13. The number of halogens is 2. The van der Waals surface area contributed by atoms with Crippen molar-refractivity contribution in [2.75, 3.05) is 65.8 Å². The van der Waals surface area contributed by atoms with Gasteiger partial charge >= 0.3 is 0 Å². The summed E-state index contributed by atoms with van der Waals surface area (Å²) >= 11 is 0. The highest BCUT2D eigenvalue weighted by molar-refractivity contribution is 5.72. The Balaban J connectivity index is 0.000000896. The van der Waals surface area contributed by atoms with Crippen LogP contribution in [-0.2, 0) is 19.0 Å². The molecule has 0 aliphatic carbocycles. The summed E-state index contributed by atoms with van der Waals surface area (Å²) in [5.74, 6) is -0.0550. The van der Waals surface area contributed by atoms with E-state index >= 15 is 0 Å². The molecule has 7 nitrogen and oxygen atoms in total. The average Bonchev–Trinajstić information content (AvgIpc) is 2.64. The van der Waals surface area contributed by atoms with E-state index in [0.29, 0.717) is 65.8 Å². The molecule has 1 amide bonds. The van der Waals surface area contributed by atoms with Gasteiger partial charge in [-0.3, -0.25) is 4.79 Å². The molecular formula is C17H35F2N3O4. The van der Waals surface area contributed by atoms with Gasteiger partial charge in [0.15, 0.2) is 0 Å². The monoisotopic (exact) mass is 383 g/mol. The van der Waals surface area contributed by atoms with Crippen LogP contribution in [0.3, 0.4) is 0 Å². The lowest BCUT2D eigenvalue weighted by Crippen LogP contribution is -2.32. The summed E-state index contributed by atoms with van der Waals surface area (Å²) in [6, 6.07) is 0. The molecule has 1 aliphatic rings. The molecule has 0 unspecified atom stereocenters. The number of amides is 1. The molecular weight excluding hydrogens is 348 g/mol. The van der Waals surface area contributed by atoms with Gasteiger partial charge in [0.2, 0.25) is 5.91 Å². The van der Waals surface area contributed by atoms with Crippen LogP contribution in [0.5, 0.6) is 0 Å². The number of hydrogen-bond acceptors (Lipinski definition) is 6. The summed E-state index contributed by atoms with van der Waals surface area (Å²) in [7, 11) is 0. The molecule has 0 saturated carbocycles. The van der Waals surface area contributed by atoms with Gasteiger partial charge in [-0.2, -0.15) is 0 Å². The largest absolute Gasteiger partial charge is 0.377 e. The van der Waals surface area contributed by atoms with Crippen molar-refractivity contribution in [3.63, 3.8) is 0 Å². The van der Waals surface area contributed by atoms with Crippen LogP contribution in [0.1, 0.15) is 33.6 Å². The van der Waals surface area contributed by atoms with Crippen LogP contribution in [0.25, 0.3) is 0 Å². The fraction of sp³-hybridized carbons (Fsp3) is 0.941. The zero-order valence-electron chi connectivity index (χ0n) is 16.3. The molecule has 1 N–H and O–H groups in total. The van der Waals surface area contributed by atoms with Gasteiger partial charge in [0.05, 0.1) is 39.1 Å². The number of carbonyl (C=O) groups is 1. The number of rotatable bonds is 12. The maximum absolute atomic E-state index is 12.7. The average molecular weight is 383 g/mol. The topological polar surface area (TPSA) is 63.3 Å². The van der Waals surface area contributed by atoms with Crippen molar-refractivity contribution >= 4 is 5.91 Å². The Hall–Kier alpha value is -0.870. The van der Waals surface area contributed by atoms with Crippen LogP contribution in [0.2, 0.25) is 0 Å². The minimum Gasteiger partial charge on any atom is -0.377 e. The smallest absolute Gasteiger partial charge is 0.216 e. The maximum atomic E-state index is 12.7. The molecule has 0 aromatic heterocycles. The lowest BCUT2D eigenvalue weighted by molar-refractivity contribution is -0.119. The third kappa shape index (κ3) is 16.6. The second kappa shape index (κ2) is 17.5. The summed E-state index contributed by atoms with van der Waals surface area (Å²) in [5.41, 5.74) is 0. The van der Waals surface area contributed by atoms with Gasteiger partial charge in [-0.25, -0.2) is 0 Å². The fourth-order valence-corrected chi connectivity index (χ4v) is 2.11. The van der Waals surface area contributed by atoms with E-state index in [2.05, 4.69) is 5.32 Å². The Morgan fingerprint density at radius 1 is 1.08 bits per heavy atom. The van der Waals surface area contributed by atoms with Crippen molar-refractivity contribution in [3.05, 3.63) is 0 Å². The van der Waals surface area contributed by atoms with Gasteiger partial charge in [0, 0.05) is 39.6 Å². The molecule has 1 heterocycles. The number of ether oxygens (including phenoxy) is 3. The summed E-state index contributed by atoms with van der Waals surface area (Å²) in [6.07, 6.45) is 1.63. The van der Waals surface area contributed by atoms with Gasteiger partial charge in [0.1, 0.15) is 0 Å². The van der Waals surface area contributed by atoms with Gasteiger partial charge in [-0.05, 0) is 26.7 Å². The SMILES string of the molecule is CC(=O)NCCOCCOCCOC1CCN(F)CC1.CCN(F)CC. The standard InChI is InChI=1S/C13H25FN2O4.C4H10FN/c1-12(17)15-4-7-18-8-9-19-10-11-20-13-2-5-16(14)6-3-13;1-3-6(5)4-2/h13H,2-11H2,1H3,(H,15,17);3-4H2,1-2H3. The quantitative estimate of drug-likeness (QED) is 0.409. The van der Waals surface area contributed by atoms with Crippen molar-refractivity contribution < 1.29 is 28.0 Å². The van der Waals surface area contributed by atoms with Crippen molar-refractivity contribution in [1.29, 1.82) is 0 Å². The molecule has 0 spiro atoms. The van der Waals surface area contributed by atoms with Gasteiger partial charge in [-0.1, -0.05) is 0 Å². The van der Waals surface area contributed by atoms with E-state index in [-0.39, 0.29) is 12.0 Å². The fourth-order valence-electron chi connectivity index (χ4n) is 2.11. The highest BCUT2D eigenvalue weighted by atomic mass is 19.2. The summed E-state index contributed by atoms with van der Waals surface area (Å²) in [4.78, 5) is 10.6. The molecule has 26 heavy (non-hydrogen) atoms. The molecule has 0 aromatic carbocycles. The van der Waals surface area contributed by atoms with E-state index in [1.54, 1.807) is 13.8 Å². The molecule has 9 heteroatoms. The van der Waals surface area contributed by atoms with Crippen molar-refractivity contribution in [3.8, 4) is 0 Å². The Morgan fingerprint density at radius 2 is 1.62 bits per heavy atom. The van der Waals surface area contributed by atoms with Crippen molar-refractivity contribution in [2.45, 2.75) is 39.7 Å². The first-order chi connectivity index (χ1) is 12.5. The second-order valence-electron chi connectivity index (χ2n) is 5.78. The molecule has 0 bridgehead atoms. The Morgan fingerprint density at radius 3 is 2.12 bits per heavy atom. The minimum absolute atomic E-state index is 0.0550. The van der Waals surface area contributed by atoms with Gasteiger partial charge < -0.3 is 19.5 Å². The predicted molar refractivity (Wildman–Crippen MR) is 96.0 cm³/mol. The van der Waals surface area contributed by atoms with E-state index < -0.39 is 0 Å². The first-order valence-corrected chi connectivity index (χ1v) is 9.32. The Kier molecular flexibility index (Phi) is 17.0. The zero-order valence-corrected chi connectivity index (χ0v) is 16.3. The molecule has 0 radical (unpaired) electrons. The molecule has 1 saturated heterocycles. The predicted octanol–water partition coefficient (Wildman–Crippen LogP) is 1.73. The Labute approximate surface area is 155 Å². The van der Waals surface area contributed by atoms with E-state index in [1.807, 2.05) is 0 Å². The van der Waals surface area contributed by atoms with Crippen molar-refractivity contribution in [2.24, 2.45) is 0 Å². The van der Waals surface area contributed by atoms with Crippen LogP contribution in [0.15, 0.2) is 0 Å². The molecule has 156 valence electrons. The van der Waals surface area contributed by atoms with Crippen molar-refractivity contribution in [1.82, 2.24) is 15.6 Å². The minimum atomic E-state index is -0.0550. The first-order valence-electron chi connectivity index (χ1n) is 9.32. The van der Waals surface area contributed by atoms with Gasteiger partial charge in [-0.15, -0.1) is 19.2 Å². The van der Waals surface area contributed by atoms with Crippen LogP contribution in [-0.4, -0.2) is 88.0 Å². The van der Waals surface area contributed by atoms with E-state index in [9.17, 15) is 13.8 Å². The summed E-state index contributed by atoms with van der Waals surface area (Å²) in [5, 5.41) is 4.22. The summed E-state index contributed by atoms with van der Waals surface area (Å²) in [6.45, 7) is 9.99. The maximum Gasteiger partial charge on any atom is 0.216 e. The zero-order chi connectivity index (χ0) is 19.6. The van der Waals surface area contributed by atoms with Crippen LogP contribution in [0, 0.1) is 0 Å². The highest BCUT2D eigenvalue weighted by Gasteiger charge is 2.18. The lowest BCUT2D eigenvalue weighted by atomic mass is 10.1. The lowest BCUT2D eigenvalue weighted by Gasteiger charge is -2.25. The van der Waals surface area contributed by atoms with E-state index in [0.717, 1.165) is 23.1 Å². The Bertz CT molecular complexity index is 329. The molecule has 0 atom stereocenters. The molecule has 1 aliphatic heterocycles. The molecule has 0 aromatic rings. The van der Waals surface area contributed by atoms with Crippen LogP contribution < -0.4 is 5.32 Å². The second-order valence-corrected chi connectivity index (χ2v) is 5.78. The number of piperidine rings is 1. The number of nitrogens with zero attached hydrogens (tertiary/aromatic N) is 2. The van der Waals surface area contributed by atoms with E-state index in [4.69, 9.17) is 14.2 Å². The number of nitrogens with one attached hydrogen (secondary N) is 1. The third-order valence-electron chi connectivity index (χ3n) is 3.65. The number of carbonyl (C=O) groups excluding carboxylic acids is 1. The van der Waals surface area contributed by atoms with E-state index in [1.165, 1.54) is 6.92 Å². The molecule has 1 rings (SSSR count). The normalized spacial score (nSPS) is 15.6. The first kappa shape index (κ1) is 25.1.